The van der Waals surface area contributed by atoms with Gasteiger partial charge < -0.3 is 9.47 Å². The molecule has 8 heteroatoms. The zero-order valence-electron chi connectivity index (χ0n) is 18.8. The van der Waals surface area contributed by atoms with E-state index in [1.807, 2.05) is 84.9 Å². The van der Waals surface area contributed by atoms with Crippen LogP contribution in [0.25, 0.3) is 22.4 Å². The van der Waals surface area contributed by atoms with Crippen molar-refractivity contribution in [2.75, 3.05) is 12.9 Å². The van der Waals surface area contributed by atoms with Gasteiger partial charge in [-0.2, -0.15) is 13.0 Å². The van der Waals surface area contributed by atoms with E-state index in [9.17, 15) is 8.42 Å². The predicted molar refractivity (Wildman–Crippen MR) is 136 cm³/mol. The van der Waals surface area contributed by atoms with Gasteiger partial charge >= 0.3 is 0 Å². The number of para-hydroxylation sites is 1. The lowest BCUT2D eigenvalue weighted by Crippen LogP contribution is -2.35. The predicted octanol–water partition coefficient (Wildman–Crippen LogP) is 5.22. The van der Waals surface area contributed by atoms with Crippen molar-refractivity contribution >= 4 is 43.8 Å². The monoisotopic (exact) mass is 496 g/mol. The van der Waals surface area contributed by atoms with E-state index in [1.165, 1.54) is 0 Å². The summed E-state index contributed by atoms with van der Waals surface area (Å²) in [6.45, 7) is 0.941. The number of nitrogens with zero attached hydrogens (tertiary/aromatic N) is 1. The molecule has 4 rings (SSSR count). The van der Waals surface area contributed by atoms with Crippen LogP contribution in [0.2, 0.25) is 0 Å². The minimum absolute atomic E-state index is 0.269. The van der Waals surface area contributed by atoms with Gasteiger partial charge in [0.25, 0.3) is 15.1 Å². The Balaban J connectivity index is 1.54. The Morgan fingerprint density at radius 2 is 1.74 bits per heavy atom. The average Bonchev–Trinajstić information content (AvgIpc) is 3.19. The number of aryl methyl sites for hydroxylation is 1. The van der Waals surface area contributed by atoms with Crippen LogP contribution in [0.15, 0.2) is 72.8 Å². The quantitative estimate of drug-likeness (QED) is 0.240. The molecule has 0 aliphatic heterocycles. The average molecular weight is 497 g/mol. The van der Waals surface area contributed by atoms with E-state index in [0.29, 0.717) is 31.1 Å². The van der Waals surface area contributed by atoms with Gasteiger partial charge in [-0.25, -0.2) is 0 Å². The highest BCUT2D eigenvalue weighted by molar-refractivity contribution is 7.85. The zero-order valence-corrected chi connectivity index (χ0v) is 20.4. The first-order valence-corrected chi connectivity index (χ1v) is 13.2. The van der Waals surface area contributed by atoms with Crippen molar-refractivity contribution < 1.29 is 27.0 Å². The molecule has 4 aromatic rings. The molecule has 0 unspecified atom stereocenters. The number of methoxy groups -OCH3 is 1. The molecule has 0 aliphatic rings. The molecule has 1 heterocycles. The third-order valence-electron chi connectivity index (χ3n) is 5.26. The third kappa shape index (κ3) is 6.22. The van der Waals surface area contributed by atoms with Crippen LogP contribution in [0.5, 0.6) is 11.5 Å². The number of fused-ring (bicyclic) bond motifs is 1. The molecular formula is C26H26NO5S2+. The topological polar surface area (TPSA) is 76.7 Å². The van der Waals surface area contributed by atoms with Crippen molar-refractivity contribution in [2.45, 2.75) is 19.6 Å². The molecule has 3 aromatic carbocycles. The van der Waals surface area contributed by atoms with Crippen LogP contribution in [-0.4, -0.2) is 25.8 Å². The summed E-state index contributed by atoms with van der Waals surface area (Å²) < 4.78 is 46.0. The van der Waals surface area contributed by atoms with Crippen LogP contribution < -0.4 is 14.0 Å². The summed E-state index contributed by atoms with van der Waals surface area (Å²) in [5, 5.41) is 0.986. The lowest BCUT2D eigenvalue weighted by molar-refractivity contribution is -0.668. The fourth-order valence-electron chi connectivity index (χ4n) is 3.62. The fourth-order valence-corrected chi connectivity index (χ4v) is 5.21. The lowest BCUT2D eigenvalue weighted by atomic mass is 10.2. The SMILES string of the molecule is COc1cc(C=Cc2sc3ccccc3[n+]2CCCS(=O)(=O)O)ccc1OCc1ccccc1. The number of hydrogen-bond acceptors (Lipinski definition) is 5. The van der Waals surface area contributed by atoms with E-state index >= 15 is 0 Å². The van der Waals surface area contributed by atoms with Crippen molar-refractivity contribution in [3.8, 4) is 11.5 Å². The number of thiazole rings is 1. The standard InChI is InChI=1S/C26H25NO5S2/c1-31-24-18-20(12-14-23(24)32-19-21-8-3-2-4-9-21)13-15-26-27(16-7-17-34(28,29)30)22-10-5-6-11-25(22)33-26/h2-6,8-15,18H,7,16-17,19H2,1H3/p+1. The van der Waals surface area contributed by atoms with Crippen molar-refractivity contribution in [1.29, 1.82) is 0 Å². The molecular weight excluding hydrogens is 470 g/mol. The van der Waals surface area contributed by atoms with Crippen molar-refractivity contribution in [2.24, 2.45) is 0 Å². The Hall–Kier alpha value is -3.20. The molecule has 0 saturated heterocycles. The molecule has 1 N–H and O–H groups in total. The first kappa shape index (κ1) is 23.9. The molecule has 34 heavy (non-hydrogen) atoms. The molecule has 0 aliphatic carbocycles. The molecule has 1 aromatic heterocycles. The molecule has 0 fully saturated rings. The zero-order chi connectivity index (χ0) is 24.0. The minimum atomic E-state index is -3.99. The molecule has 0 saturated carbocycles. The number of rotatable bonds is 10. The van der Waals surface area contributed by atoms with Crippen molar-refractivity contribution in [3.05, 3.63) is 88.9 Å². The van der Waals surface area contributed by atoms with Crippen molar-refractivity contribution in [3.63, 3.8) is 0 Å². The van der Waals surface area contributed by atoms with Crippen molar-refractivity contribution in [1.82, 2.24) is 0 Å². The van der Waals surface area contributed by atoms with Gasteiger partial charge in [0, 0.05) is 18.6 Å². The minimum Gasteiger partial charge on any atom is -0.493 e. The van der Waals surface area contributed by atoms with Crippen LogP contribution >= 0.6 is 11.3 Å². The van der Waals surface area contributed by atoms with E-state index in [-0.39, 0.29) is 5.75 Å². The normalized spacial score (nSPS) is 11.8. The van der Waals surface area contributed by atoms with Crippen LogP contribution in [0, 0.1) is 0 Å². The molecule has 6 nitrogen and oxygen atoms in total. The Labute approximate surface area is 203 Å². The highest BCUT2D eigenvalue weighted by Crippen LogP contribution is 2.30. The number of ether oxygens (including phenoxy) is 2. The van der Waals surface area contributed by atoms with Crippen LogP contribution in [0.1, 0.15) is 22.6 Å². The van der Waals surface area contributed by atoms with Gasteiger partial charge in [0.05, 0.1) is 12.9 Å². The third-order valence-corrected chi connectivity index (χ3v) is 7.20. The Kier molecular flexibility index (Phi) is 7.62. The largest absolute Gasteiger partial charge is 0.493 e. The van der Waals surface area contributed by atoms with Gasteiger partial charge in [-0.3, -0.25) is 4.55 Å². The van der Waals surface area contributed by atoms with Gasteiger partial charge in [-0.15, -0.1) is 0 Å². The highest BCUT2D eigenvalue weighted by Gasteiger charge is 2.19. The molecule has 0 amide bonds. The van der Waals surface area contributed by atoms with Gasteiger partial charge in [0.1, 0.15) is 11.3 Å². The highest BCUT2D eigenvalue weighted by atomic mass is 32.2. The Bertz CT molecular complexity index is 1400. The molecule has 0 atom stereocenters. The van der Waals surface area contributed by atoms with Crippen LogP contribution in [0.3, 0.4) is 0 Å². The summed E-state index contributed by atoms with van der Waals surface area (Å²) in [7, 11) is -2.37. The van der Waals surface area contributed by atoms with E-state index in [2.05, 4.69) is 4.57 Å². The number of aromatic nitrogens is 1. The summed E-state index contributed by atoms with van der Waals surface area (Å²) in [5.41, 5.74) is 3.06. The van der Waals surface area contributed by atoms with E-state index in [1.54, 1.807) is 18.4 Å². The second-order valence-corrected chi connectivity index (χ2v) is 10.4. The first-order valence-electron chi connectivity index (χ1n) is 10.8. The van der Waals surface area contributed by atoms with Gasteiger partial charge in [0.2, 0.25) is 5.52 Å². The maximum Gasteiger partial charge on any atom is 0.265 e. The second-order valence-electron chi connectivity index (χ2n) is 7.72. The molecule has 0 radical (unpaired) electrons. The maximum atomic E-state index is 11.1. The Morgan fingerprint density at radius 3 is 2.50 bits per heavy atom. The summed E-state index contributed by atoms with van der Waals surface area (Å²) >= 11 is 1.63. The summed E-state index contributed by atoms with van der Waals surface area (Å²) in [6.07, 6.45) is 4.33. The summed E-state index contributed by atoms with van der Waals surface area (Å²) in [4.78, 5) is 0. The Morgan fingerprint density at radius 1 is 0.971 bits per heavy atom. The van der Waals surface area contributed by atoms with Gasteiger partial charge in [-0.05, 0) is 35.4 Å². The summed E-state index contributed by atoms with van der Waals surface area (Å²) in [6, 6.07) is 23.7. The number of hydrogen-bond donors (Lipinski definition) is 1. The van der Waals surface area contributed by atoms with E-state index < -0.39 is 10.1 Å². The summed E-state index contributed by atoms with van der Waals surface area (Å²) in [5.74, 6) is 1.05. The second kappa shape index (κ2) is 10.8. The van der Waals surface area contributed by atoms with Gasteiger partial charge in [-0.1, -0.05) is 59.9 Å². The lowest BCUT2D eigenvalue weighted by Gasteiger charge is -2.11. The fraction of sp³-hybridized carbons (Fsp3) is 0.192. The molecule has 0 spiro atoms. The van der Waals surface area contributed by atoms with E-state index in [0.717, 1.165) is 26.4 Å². The molecule has 0 bridgehead atoms. The van der Waals surface area contributed by atoms with Gasteiger partial charge in [0.15, 0.2) is 18.0 Å². The van der Waals surface area contributed by atoms with Crippen LogP contribution in [-0.2, 0) is 23.3 Å². The molecule has 176 valence electrons. The number of benzene rings is 3. The maximum absolute atomic E-state index is 11.1. The van der Waals surface area contributed by atoms with E-state index in [4.69, 9.17) is 14.0 Å². The first-order chi connectivity index (χ1) is 16.4. The smallest absolute Gasteiger partial charge is 0.265 e. The van der Waals surface area contributed by atoms with Crippen LogP contribution in [0.4, 0.5) is 0 Å².